The van der Waals surface area contributed by atoms with Gasteiger partial charge in [0.2, 0.25) is 0 Å². The van der Waals surface area contributed by atoms with Crippen molar-refractivity contribution in [2.75, 3.05) is 57.4 Å². The van der Waals surface area contributed by atoms with Crippen molar-refractivity contribution in [3.8, 4) is 0 Å². The first-order valence-corrected chi connectivity index (χ1v) is 13.1. The second-order valence-electron chi connectivity index (χ2n) is 9.07. The predicted octanol–water partition coefficient (Wildman–Crippen LogP) is 1.50. The Balaban J connectivity index is 1.52. The highest BCUT2D eigenvalue weighted by atomic mass is 32.2. The third-order valence-electron chi connectivity index (χ3n) is 6.63. The zero-order chi connectivity index (χ0) is 24.5. The van der Waals surface area contributed by atoms with Gasteiger partial charge in [-0.2, -0.15) is 0 Å². The van der Waals surface area contributed by atoms with Gasteiger partial charge in [-0.25, -0.2) is 4.98 Å². The maximum Gasteiger partial charge on any atom is 0.267 e. The first-order valence-electron chi connectivity index (χ1n) is 11.9. The number of piperazine rings is 1. The number of thioether (sulfide) groups is 1. The SMILES string of the molecule is Cc1ccc2nc(N3CCN(CCO)CC3)c(/C=C3\SC(=S)N(CC4CCCO4)C3=O)c(=O)n2c1. The van der Waals surface area contributed by atoms with Crippen molar-refractivity contribution in [3.05, 3.63) is 44.7 Å². The zero-order valence-electron chi connectivity index (χ0n) is 19.7. The number of pyridine rings is 1. The number of aliphatic hydroxyl groups excluding tert-OH is 1. The number of carbonyl (C=O) groups is 1. The molecule has 0 bridgehead atoms. The molecule has 2 aromatic rings. The molecule has 0 aromatic carbocycles. The molecular formula is C24H29N5O4S2. The summed E-state index contributed by atoms with van der Waals surface area (Å²) in [5.74, 6) is 0.384. The number of thiocarbonyl (C=S) groups is 1. The first kappa shape index (κ1) is 24.4. The number of aromatic nitrogens is 2. The molecule has 3 aliphatic heterocycles. The van der Waals surface area contributed by atoms with Crippen LogP contribution < -0.4 is 10.5 Å². The fraction of sp³-hybridized carbons (Fsp3) is 0.500. The molecule has 0 spiro atoms. The number of fused-ring (bicyclic) bond motifs is 1. The fourth-order valence-electron chi connectivity index (χ4n) is 4.72. The quantitative estimate of drug-likeness (QED) is 0.454. The van der Waals surface area contributed by atoms with E-state index in [1.165, 1.54) is 11.8 Å². The van der Waals surface area contributed by atoms with Crippen LogP contribution in [0.25, 0.3) is 11.7 Å². The number of aryl methyl sites for hydroxylation is 1. The van der Waals surface area contributed by atoms with Gasteiger partial charge in [-0.05, 0) is 37.5 Å². The maximum absolute atomic E-state index is 13.7. The Morgan fingerprint density at radius 3 is 2.77 bits per heavy atom. The van der Waals surface area contributed by atoms with E-state index in [0.717, 1.165) is 31.5 Å². The molecule has 1 atom stereocenters. The van der Waals surface area contributed by atoms with E-state index in [1.54, 1.807) is 21.6 Å². The summed E-state index contributed by atoms with van der Waals surface area (Å²) in [7, 11) is 0. The molecule has 9 nitrogen and oxygen atoms in total. The van der Waals surface area contributed by atoms with Gasteiger partial charge in [0.25, 0.3) is 11.5 Å². The summed E-state index contributed by atoms with van der Waals surface area (Å²) in [6, 6.07) is 3.77. The van der Waals surface area contributed by atoms with Crippen LogP contribution in [0.1, 0.15) is 24.0 Å². The van der Waals surface area contributed by atoms with Gasteiger partial charge in [0, 0.05) is 45.5 Å². The molecule has 1 unspecified atom stereocenters. The molecule has 5 heterocycles. The van der Waals surface area contributed by atoms with E-state index >= 15 is 0 Å². The number of hydrogen-bond donors (Lipinski definition) is 1. The van der Waals surface area contributed by atoms with Crippen molar-refractivity contribution in [1.82, 2.24) is 19.2 Å². The highest BCUT2D eigenvalue weighted by Crippen LogP contribution is 2.34. The predicted molar refractivity (Wildman–Crippen MR) is 141 cm³/mol. The van der Waals surface area contributed by atoms with E-state index in [-0.39, 0.29) is 24.2 Å². The molecular weight excluding hydrogens is 486 g/mol. The zero-order valence-corrected chi connectivity index (χ0v) is 21.3. The summed E-state index contributed by atoms with van der Waals surface area (Å²) in [4.78, 5) is 38.1. The molecule has 186 valence electrons. The lowest BCUT2D eigenvalue weighted by Gasteiger charge is -2.35. The minimum Gasteiger partial charge on any atom is -0.395 e. The molecule has 1 amide bonds. The second-order valence-corrected chi connectivity index (χ2v) is 10.7. The number of nitrogens with zero attached hydrogens (tertiary/aromatic N) is 5. The normalized spacial score (nSPS) is 22.8. The molecule has 0 aliphatic carbocycles. The van der Waals surface area contributed by atoms with Crippen molar-refractivity contribution in [2.24, 2.45) is 0 Å². The summed E-state index contributed by atoms with van der Waals surface area (Å²) in [5.41, 5.74) is 1.69. The molecule has 0 radical (unpaired) electrons. The summed E-state index contributed by atoms with van der Waals surface area (Å²) >= 11 is 6.73. The van der Waals surface area contributed by atoms with Gasteiger partial charge in [-0.15, -0.1) is 0 Å². The molecule has 0 saturated carbocycles. The number of amides is 1. The Hall–Kier alpha value is -2.31. The first-order chi connectivity index (χ1) is 16.9. The van der Waals surface area contributed by atoms with Crippen LogP contribution in [0.5, 0.6) is 0 Å². The summed E-state index contributed by atoms with van der Waals surface area (Å²) in [5, 5.41) is 9.26. The van der Waals surface area contributed by atoms with Crippen molar-refractivity contribution >= 4 is 51.7 Å². The Morgan fingerprint density at radius 1 is 1.26 bits per heavy atom. The second kappa shape index (κ2) is 10.4. The number of β-amino-alcohol motifs (C(OH)–C–C–N with tert-alkyl or cyclic N) is 1. The van der Waals surface area contributed by atoms with Crippen LogP contribution >= 0.6 is 24.0 Å². The number of rotatable bonds is 6. The van der Waals surface area contributed by atoms with Crippen molar-refractivity contribution in [3.63, 3.8) is 0 Å². The highest BCUT2D eigenvalue weighted by Gasteiger charge is 2.35. The Labute approximate surface area is 213 Å². The molecule has 35 heavy (non-hydrogen) atoms. The smallest absolute Gasteiger partial charge is 0.267 e. The topological polar surface area (TPSA) is 90.6 Å². The van der Waals surface area contributed by atoms with Crippen LogP contribution in [0, 0.1) is 6.92 Å². The van der Waals surface area contributed by atoms with E-state index < -0.39 is 0 Å². The van der Waals surface area contributed by atoms with Gasteiger partial charge >= 0.3 is 0 Å². The number of hydrogen-bond acceptors (Lipinski definition) is 9. The van der Waals surface area contributed by atoms with E-state index in [1.807, 2.05) is 19.1 Å². The molecule has 2 aromatic heterocycles. The Kier molecular flexibility index (Phi) is 7.21. The number of carbonyl (C=O) groups excluding carboxylic acids is 1. The van der Waals surface area contributed by atoms with Crippen LogP contribution in [0.4, 0.5) is 5.82 Å². The third kappa shape index (κ3) is 5.01. The van der Waals surface area contributed by atoms with Crippen molar-refractivity contribution in [2.45, 2.75) is 25.9 Å². The fourth-order valence-corrected chi connectivity index (χ4v) is 5.98. The maximum atomic E-state index is 13.7. The number of anilines is 1. The van der Waals surface area contributed by atoms with Gasteiger partial charge in [-0.3, -0.25) is 23.8 Å². The molecule has 3 fully saturated rings. The lowest BCUT2D eigenvalue weighted by Crippen LogP contribution is -2.48. The van der Waals surface area contributed by atoms with Gasteiger partial charge in [0.15, 0.2) is 0 Å². The molecule has 11 heteroatoms. The summed E-state index contributed by atoms with van der Waals surface area (Å²) in [6.07, 6.45) is 5.33. The summed E-state index contributed by atoms with van der Waals surface area (Å²) < 4.78 is 7.72. The minimum atomic E-state index is -0.212. The average Bonchev–Trinajstić information content (AvgIpc) is 3.46. The van der Waals surface area contributed by atoms with Gasteiger partial charge < -0.3 is 14.7 Å². The monoisotopic (exact) mass is 515 g/mol. The van der Waals surface area contributed by atoms with E-state index in [2.05, 4.69) is 9.80 Å². The molecule has 5 rings (SSSR count). The van der Waals surface area contributed by atoms with Crippen molar-refractivity contribution in [1.29, 1.82) is 0 Å². The number of ether oxygens (including phenoxy) is 1. The lowest BCUT2D eigenvalue weighted by atomic mass is 10.2. The van der Waals surface area contributed by atoms with Gasteiger partial charge in [-0.1, -0.05) is 30.0 Å². The van der Waals surface area contributed by atoms with Crippen LogP contribution in [-0.4, -0.2) is 93.1 Å². The molecule has 3 saturated heterocycles. The van der Waals surface area contributed by atoms with Crippen molar-refractivity contribution < 1.29 is 14.6 Å². The van der Waals surface area contributed by atoms with Crippen LogP contribution in [0.3, 0.4) is 0 Å². The van der Waals surface area contributed by atoms with Gasteiger partial charge in [0.1, 0.15) is 15.8 Å². The summed E-state index contributed by atoms with van der Waals surface area (Å²) in [6.45, 7) is 6.70. The Bertz CT molecular complexity index is 1230. The van der Waals surface area contributed by atoms with E-state index in [0.29, 0.717) is 59.0 Å². The van der Waals surface area contributed by atoms with E-state index in [4.69, 9.17) is 21.9 Å². The highest BCUT2D eigenvalue weighted by molar-refractivity contribution is 8.26. The third-order valence-corrected chi connectivity index (χ3v) is 8.01. The number of aliphatic hydroxyl groups is 1. The standard InChI is InChI=1S/C24H29N5O4S2/c1-16-4-5-20-25-21(27-8-6-26(7-9-27)10-11-30)18(22(31)28(20)14-16)13-19-23(32)29(24(34)35-19)15-17-3-2-12-33-17/h4-5,13-14,17,30H,2-3,6-12,15H2,1H3/b19-13-. The van der Waals surface area contributed by atoms with Crippen LogP contribution in [0.15, 0.2) is 28.0 Å². The lowest BCUT2D eigenvalue weighted by molar-refractivity contribution is -0.123. The largest absolute Gasteiger partial charge is 0.395 e. The van der Waals surface area contributed by atoms with Gasteiger partial charge in [0.05, 0.1) is 29.7 Å². The van der Waals surface area contributed by atoms with Crippen LogP contribution in [-0.2, 0) is 9.53 Å². The van der Waals surface area contributed by atoms with E-state index in [9.17, 15) is 14.7 Å². The minimum absolute atomic E-state index is 0.00133. The Morgan fingerprint density at radius 2 is 2.06 bits per heavy atom. The molecule has 1 N–H and O–H groups in total. The van der Waals surface area contributed by atoms with Crippen LogP contribution in [0.2, 0.25) is 0 Å². The average molecular weight is 516 g/mol. The molecule has 3 aliphatic rings.